The molecule has 7 nitrogen and oxygen atoms in total. The summed E-state index contributed by atoms with van der Waals surface area (Å²) in [5, 5.41) is 10.3. The highest BCUT2D eigenvalue weighted by Crippen LogP contribution is 2.26. The molecule has 148 valence electrons. The van der Waals surface area contributed by atoms with Crippen LogP contribution < -0.4 is 10.3 Å². The van der Waals surface area contributed by atoms with Crippen LogP contribution in [0.25, 0.3) is 10.9 Å². The van der Waals surface area contributed by atoms with E-state index in [1.807, 2.05) is 0 Å². The number of fused-ring (bicyclic) bond motifs is 1. The van der Waals surface area contributed by atoms with Crippen molar-refractivity contribution < 1.29 is 14.2 Å². The molecule has 0 amide bonds. The number of thioether (sulfide) groups is 1. The molecule has 1 atom stereocenters. The molecule has 8 heteroatoms. The zero-order valence-corrected chi connectivity index (χ0v) is 16.4. The van der Waals surface area contributed by atoms with Gasteiger partial charge in [-0.15, -0.1) is 0 Å². The second-order valence-corrected chi connectivity index (χ2v) is 8.44. The van der Waals surface area contributed by atoms with E-state index in [2.05, 4.69) is 16.0 Å². The maximum atomic E-state index is 12.6. The molecule has 2 saturated heterocycles. The van der Waals surface area contributed by atoms with Crippen LogP contribution in [0.5, 0.6) is 5.75 Å². The maximum Gasteiger partial charge on any atom is 0.260 e. The van der Waals surface area contributed by atoms with Crippen molar-refractivity contribution in [2.24, 2.45) is 5.92 Å². The van der Waals surface area contributed by atoms with Crippen molar-refractivity contribution in [3.05, 3.63) is 33.9 Å². The van der Waals surface area contributed by atoms with Crippen LogP contribution in [-0.2, 0) is 15.2 Å². The van der Waals surface area contributed by atoms with E-state index in [1.54, 1.807) is 23.9 Å². The minimum atomic E-state index is -0.278. The van der Waals surface area contributed by atoms with Gasteiger partial charge in [0.25, 0.3) is 5.56 Å². The average molecular weight is 401 g/mol. The Hall–Kier alpha value is -2.08. The third-order valence-corrected chi connectivity index (χ3v) is 6.47. The van der Waals surface area contributed by atoms with E-state index < -0.39 is 0 Å². The van der Waals surface area contributed by atoms with E-state index in [0.717, 1.165) is 39.1 Å². The molecule has 0 aliphatic carbocycles. The second-order valence-electron chi connectivity index (χ2n) is 7.15. The monoisotopic (exact) mass is 401 g/mol. The lowest BCUT2D eigenvalue weighted by molar-refractivity contribution is 0.1000. The van der Waals surface area contributed by atoms with Crippen LogP contribution in [0.15, 0.2) is 16.9 Å². The van der Waals surface area contributed by atoms with Gasteiger partial charge in [-0.1, -0.05) is 0 Å². The van der Waals surface area contributed by atoms with Crippen LogP contribution in [0.1, 0.15) is 30.7 Å². The summed E-state index contributed by atoms with van der Waals surface area (Å²) >= 11 is 1.79. The summed E-state index contributed by atoms with van der Waals surface area (Å²) in [6.45, 7) is 3.58. The van der Waals surface area contributed by atoms with Gasteiger partial charge in [-0.3, -0.25) is 4.79 Å². The number of nitrogens with one attached hydrogen (secondary N) is 1. The lowest BCUT2D eigenvalue weighted by atomic mass is 10.1. The molecule has 1 unspecified atom stereocenters. The molecule has 0 radical (unpaired) electrons. The van der Waals surface area contributed by atoms with Crippen LogP contribution in [0.2, 0.25) is 0 Å². The average Bonchev–Trinajstić information content (AvgIpc) is 3.24. The van der Waals surface area contributed by atoms with Gasteiger partial charge in [0.2, 0.25) is 0 Å². The third kappa shape index (κ3) is 4.49. The summed E-state index contributed by atoms with van der Waals surface area (Å²) in [5.74, 6) is 2.18. The Labute approximate surface area is 167 Å². The molecular weight excluding hydrogens is 378 g/mol. The SMILES string of the molecule is N#Cc1cc(OCC2CCOC2)cc2nc(CSC3CCOCC3)[nH]c(=O)c12. The number of H-pyrrole nitrogens is 1. The fourth-order valence-electron chi connectivity index (χ4n) is 3.50. The smallest absolute Gasteiger partial charge is 0.260 e. The molecule has 0 bridgehead atoms. The van der Waals surface area contributed by atoms with E-state index in [1.165, 1.54) is 0 Å². The minimum absolute atomic E-state index is 0.278. The van der Waals surface area contributed by atoms with Gasteiger partial charge in [0.05, 0.1) is 35.4 Å². The topological polar surface area (TPSA) is 97.2 Å². The summed E-state index contributed by atoms with van der Waals surface area (Å²) in [5.41, 5.74) is 0.510. The normalized spacial score (nSPS) is 20.3. The first-order valence-corrected chi connectivity index (χ1v) is 10.6. The lowest BCUT2D eigenvalue weighted by Crippen LogP contribution is -2.18. The van der Waals surface area contributed by atoms with Gasteiger partial charge in [0.1, 0.15) is 17.6 Å². The Morgan fingerprint density at radius 2 is 2.07 bits per heavy atom. The number of nitriles is 1. The fraction of sp³-hybridized carbons (Fsp3) is 0.550. The van der Waals surface area contributed by atoms with Gasteiger partial charge in [-0.2, -0.15) is 17.0 Å². The van der Waals surface area contributed by atoms with Crippen molar-refractivity contribution in [2.75, 3.05) is 33.0 Å². The second kappa shape index (κ2) is 8.95. The Kier molecular flexibility index (Phi) is 6.15. The van der Waals surface area contributed by atoms with Gasteiger partial charge < -0.3 is 19.2 Å². The van der Waals surface area contributed by atoms with Gasteiger partial charge in [-0.05, 0) is 25.3 Å². The van der Waals surface area contributed by atoms with Gasteiger partial charge >= 0.3 is 0 Å². The first-order chi connectivity index (χ1) is 13.7. The third-order valence-electron chi connectivity index (χ3n) is 5.09. The highest BCUT2D eigenvalue weighted by Gasteiger charge is 2.18. The number of hydrogen-bond donors (Lipinski definition) is 1. The minimum Gasteiger partial charge on any atom is -0.493 e. The number of hydrogen-bond acceptors (Lipinski definition) is 7. The molecule has 1 aromatic carbocycles. The Balaban J connectivity index is 1.55. The van der Waals surface area contributed by atoms with Crippen LogP contribution in [0.3, 0.4) is 0 Å². The summed E-state index contributed by atoms with van der Waals surface area (Å²) in [6, 6.07) is 5.47. The molecule has 2 aliphatic heterocycles. The zero-order chi connectivity index (χ0) is 19.3. The molecule has 1 N–H and O–H groups in total. The molecule has 2 fully saturated rings. The Morgan fingerprint density at radius 1 is 1.25 bits per heavy atom. The van der Waals surface area contributed by atoms with Gasteiger partial charge in [0.15, 0.2) is 0 Å². The molecule has 2 aromatic rings. The number of nitrogens with zero attached hydrogens (tertiary/aromatic N) is 2. The standard InChI is InChI=1S/C20H23N3O4S/c21-9-14-7-15(27-11-13-1-4-26-10-13)8-17-19(14)20(24)23-18(22-17)12-28-16-2-5-25-6-3-16/h7-8,13,16H,1-6,10-12H2,(H,22,23,24). The van der Waals surface area contributed by atoms with Crippen molar-refractivity contribution in [3.63, 3.8) is 0 Å². The molecule has 28 heavy (non-hydrogen) atoms. The fourth-order valence-corrected chi connectivity index (χ4v) is 4.56. The van der Waals surface area contributed by atoms with Crippen molar-refractivity contribution in [3.8, 4) is 11.8 Å². The first kappa shape index (κ1) is 19.2. The van der Waals surface area contributed by atoms with E-state index in [4.69, 9.17) is 14.2 Å². The zero-order valence-electron chi connectivity index (χ0n) is 15.6. The summed E-state index contributed by atoms with van der Waals surface area (Å²) < 4.78 is 16.6. The van der Waals surface area contributed by atoms with Crippen LogP contribution in [-0.4, -0.2) is 48.3 Å². The van der Waals surface area contributed by atoms with E-state index in [0.29, 0.717) is 52.6 Å². The van der Waals surface area contributed by atoms with Crippen molar-refractivity contribution >= 4 is 22.7 Å². The molecule has 3 heterocycles. The molecule has 0 spiro atoms. The highest BCUT2D eigenvalue weighted by atomic mass is 32.2. The Morgan fingerprint density at radius 3 is 2.82 bits per heavy atom. The van der Waals surface area contributed by atoms with Crippen molar-refractivity contribution in [1.82, 2.24) is 9.97 Å². The van der Waals surface area contributed by atoms with Crippen LogP contribution in [0, 0.1) is 17.2 Å². The summed E-state index contributed by atoms with van der Waals surface area (Å²) in [7, 11) is 0. The maximum absolute atomic E-state index is 12.6. The number of ether oxygens (including phenoxy) is 3. The summed E-state index contributed by atoms with van der Waals surface area (Å²) in [4.78, 5) is 20.0. The largest absolute Gasteiger partial charge is 0.493 e. The first-order valence-electron chi connectivity index (χ1n) is 9.60. The summed E-state index contributed by atoms with van der Waals surface area (Å²) in [6.07, 6.45) is 3.01. The number of rotatable bonds is 6. The number of benzene rings is 1. The molecule has 1 aromatic heterocycles. The van der Waals surface area contributed by atoms with Crippen LogP contribution in [0.4, 0.5) is 0 Å². The van der Waals surface area contributed by atoms with E-state index >= 15 is 0 Å². The van der Waals surface area contributed by atoms with Crippen molar-refractivity contribution in [2.45, 2.75) is 30.3 Å². The van der Waals surface area contributed by atoms with Crippen LogP contribution >= 0.6 is 11.8 Å². The van der Waals surface area contributed by atoms with Gasteiger partial charge in [-0.25, -0.2) is 4.98 Å². The molecule has 2 aliphatic rings. The predicted molar refractivity (Wildman–Crippen MR) is 107 cm³/mol. The lowest BCUT2D eigenvalue weighted by Gasteiger charge is -2.21. The van der Waals surface area contributed by atoms with E-state index in [9.17, 15) is 10.1 Å². The molecular formula is C20H23N3O4S. The molecule has 4 rings (SSSR count). The van der Waals surface area contributed by atoms with Crippen molar-refractivity contribution in [1.29, 1.82) is 5.26 Å². The quantitative estimate of drug-likeness (QED) is 0.794. The number of aromatic nitrogens is 2. The Bertz CT molecular complexity index is 927. The van der Waals surface area contributed by atoms with E-state index in [-0.39, 0.29) is 11.1 Å². The highest BCUT2D eigenvalue weighted by molar-refractivity contribution is 7.99. The van der Waals surface area contributed by atoms with Gasteiger partial charge in [0, 0.05) is 37.1 Å². The number of aromatic amines is 1. The molecule has 0 saturated carbocycles. The predicted octanol–water partition coefficient (Wildman–Crippen LogP) is 2.62.